The summed E-state index contributed by atoms with van der Waals surface area (Å²) < 4.78 is 4.71. The van der Waals surface area contributed by atoms with Crippen molar-refractivity contribution in [1.82, 2.24) is 4.90 Å². The molecule has 0 bridgehead atoms. The molecule has 1 aliphatic rings. The van der Waals surface area contributed by atoms with Gasteiger partial charge in [0.2, 0.25) is 0 Å². The third-order valence-electron chi connectivity index (χ3n) is 5.48. The van der Waals surface area contributed by atoms with Gasteiger partial charge in [0, 0.05) is 29.9 Å². The molecule has 0 aromatic heterocycles. The van der Waals surface area contributed by atoms with Crippen LogP contribution in [0.1, 0.15) is 47.2 Å². The van der Waals surface area contributed by atoms with Crippen molar-refractivity contribution in [2.45, 2.75) is 44.3 Å². The number of benzene rings is 2. The lowest BCUT2D eigenvalue weighted by molar-refractivity contribution is 0.0607. The Morgan fingerprint density at radius 2 is 1.80 bits per heavy atom. The highest BCUT2D eigenvalue weighted by molar-refractivity contribution is 5.94. The summed E-state index contributed by atoms with van der Waals surface area (Å²) in [6.07, 6.45) is 2.83. The van der Waals surface area contributed by atoms with E-state index in [1.807, 2.05) is 23.1 Å². The highest BCUT2D eigenvalue weighted by Gasteiger charge is 2.29. The number of amides is 2. The van der Waals surface area contributed by atoms with Crippen LogP contribution in [0.2, 0.25) is 0 Å². The quantitative estimate of drug-likeness (QED) is 0.788. The summed E-state index contributed by atoms with van der Waals surface area (Å²) in [5, 5.41) is 11.7. The van der Waals surface area contributed by atoms with Crippen LogP contribution in [-0.2, 0) is 11.3 Å². The Balaban J connectivity index is 1.89. The van der Waals surface area contributed by atoms with Crippen molar-refractivity contribution in [3.05, 3.63) is 65.2 Å². The number of nitrogens with one attached hydrogen (secondary N) is 1. The van der Waals surface area contributed by atoms with E-state index in [1.54, 1.807) is 30.3 Å². The van der Waals surface area contributed by atoms with Crippen LogP contribution in [0.25, 0.3) is 0 Å². The highest BCUT2D eigenvalue weighted by atomic mass is 16.5. The molecule has 1 saturated carbocycles. The zero-order valence-corrected chi connectivity index (χ0v) is 17.0. The number of hydrogen-bond donors (Lipinski definition) is 2. The average Bonchev–Trinajstić information content (AvgIpc) is 2.78. The van der Waals surface area contributed by atoms with Crippen molar-refractivity contribution in [2.75, 3.05) is 12.4 Å². The summed E-state index contributed by atoms with van der Waals surface area (Å²) in [7, 11) is 1.31. The fourth-order valence-electron chi connectivity index (χ4n) is 3.76. The lowest BCUT2D eigenvalue weighted by atomic mass is 9.90. The molecule has 2 aromatic carbocycles. The van der Waals surface area contributed by atoms with Gasteiger partial charge >= 0.3 is 6.09 Å². The SMILES string of the molecule is COC(=O)Nc1ccccc1CN(C(=O)c1ccc(C#N)cc1)C1CCC(N)CC1. The number of nitrogens with two attached hydrogens (primary N) is 1. The van der Waals surface area contributed by atoms with Crippen LogP contribution in [0.4, 0.5) is 10.5 Å². The number of para-hydroxylation sites is 1. The molecule has 3 rings (SSSR count). The number of methoxy groups -OCH3 is 1. The topological polar surface area (TPSA) is 108 Å². The second kappa shape index (κ2) is 9.90. The van der Waals surface area contributed by atoms with E-state index >= 15 is 0 Å². The molecule has 0 aliphatic heterocycles. The van der Waals surface area contributed by atoms with Crippen molar-refractivity contribution in [3.63, 3.8) is 0 Å². The van der Waals surface area contributed by atoms with E-state index in [0.29, 0.717) is 23.4 Å². The first kappa shape index (κ1) is 21.3. The maximum Gasteiger partial charge on any atom is 0.411 e. The van der Waals surface area contributed by atoms with E-state index in [4.69, 9.17) is 15.7 Å². The van der Waals surface area contributed by atoms with Gasteiger partial charge in [-0.3, -0.25) is 10.1 Å². The lowest BCUT2D eigenvalue weighted by Crippen LogP contribution is -2.44. The van der Waals surface area contributed by atoms with Crippen LogP contribution in [0.3, 0.4) is 0 Å². The molecule has 7 nitrogen and oxygen atoms in total. The number of nitrogens with zero attached hydrogens (tertiary/aromatic N) is 2. The maximum atomic E-state index is 13.4. The zero-order chi connectivity index (χ0) is 21.5. The van der Waals surface area contributed by atoms with Crippen LogP contribution < -0.4 is 11.1 Å². The Kier molecular flexibility index (Phi) is 7.04. The minimum Gasteiger partial charge on any atom is -0.453 e. The van der Waals surface area contributed by atoms with Gasteiger partial charge in [-0.05, 0) is 61.6 Å². The number of ether oxygens (including phenoxy) is 1. The predicted octanol–water partition coefficient (Wildman–Crippen LogP) is 3.65. The average molecular weight is 406 g/mol. The minimum atomic E-state index is -0.559. The first-order chi connectivity index (χ1) is 14.5. The molecular formula is C23H26N4O3. The van der Waals surface area contributed by atoms with Gasteiger partial charge in [-0.15, -0.1) is 0 Å². The van der Waals surface area contributed by atoms with Crippen molar-refractivity contribution in [3.8, 4) is 6.07 Å². The Hall–Kier alpha value is -3.37. The first-order valence-electron chi connectivity index (χ1n) is 10.0. The summed E-state index contributed by atoms with van der Waals surface area (Å²) in [5.74, 6) is -0.104. The van der Waals surface area contributed by atoms with E-state index in [1.165, 1.54) is 7.11 Å². The van der Waals surface area contributed by atoms with E-state index < -0.39 is 6.09 Å². The number of hydrogen-bond acceptors (Lipinski definition) is 5. The molecule has 1 fully saturated rings. The largest absolute Gasteiger partial charge is 0.453 e. The molecule has 0 unspecified atom stereocenters. The predicted molar refractivity (Wildman–Crippen MR) is 114 cm³/mol. The van der Waals surface area contributed by atoms with E-state index in [0.717, 1.165) is 31.2 Å². The van der Waals surface area contributed by atoms with E-state index in [2.05, 4.69) is 11.4 Å². The Labute approximate surface area is 176 Å². The van der Waals surface area contributed by atoms with Crippen molar-refractivity contribution in [1.29, 1.82) is 5.26 Å². The third-order valence-corrected chi connectivity index (χ3v) is 5.48. The minimum absolute atomic E-state index is 0.0547. The Morgan fingerprint density at radius 1 is 1.13 bits per heavy atom. The summed E-state index contributed by atoms with van der Waals surface area (Å²) in [6, 6.07) is 16.3. The molecule has 2 aromatic rings. The van der Waals surface area contributed by atoms with Crippen LogP contribution in [0, 0.1) is 11.3 Å². The smallest absolute Gasteiger partial charge is 0.411 e. The zero-order valence-electron chi connectivity index (χ0n) is 17.0. The standard InChI is InChI=1S/C23H26N4O3/c1-30-23(29)26-21-5-3-2-4-18(21)15-27(20-12-10-19(25)11-13-20)22(28)17-8-6-16(14-24)7-9-17/h2-9,19-20H,10-13,15,25H2,1H3,(H,26,29). The molecule has 0 saturated heterocycles. The van der Waals surface area contributed by atoms with Gasteiger partial charge in [0.05, 0.1) is 18.7 Å². The monoisotopic (exact) mass is 406 g/mol. The number of rotatable bonds is 5. The van der Waals surface area contributed by atoms with Gasteiger partial charge in [-0.1, -0.05) is 18.2 Å². The second-order valence-electron chi connectivity index (χ2n) is 7.46. The fourth-order valence-corrected chi connectivity index (χ4v) is 3.76. The third kappa shape index (κ3) is 5.16. The number of anilines is 1. The normalized spacial score (nSPS) is 18.2. The van der Waals surface area contributed by atoms with Crippen LogP contribution in [0.5, 0.6) is 0 Å². The van der Waals surface area contributed by atoms with Gasteiger partial charge in [0.15, 0.2) is 0 Å². The molecule has 1 aliphatic carbocycles. The molecule has 30 heavy (non-hydrogen) atoms. The molecule has 0 radical (unpaired) electrons. The molecule has 2 amide bonds. The van der Waals surface area contributed by atoms with Crippen molar-refractivity contribution >= 4 is 17.7 Å². The molecule has 0 heterocycles. The fraction of sp³-hybridized carbons (Fsp3) is 0.348. The summed E-state index contributed by atoms with van der Waals surface area (Å²) in [5.41, 5.74) is 8.53. The molecule has 3 N–H and O–H groups in total. The molecule has 7 heteroatoms. The van der Waals surface area contributed by atoms with Gasteiger partial charge in [0.1, 0.15) is 0 Å². The molecule has 0 atom stereocenters. The highest BCUT2D eigenvalue weighted by Crippen LogP contribution is 2.27. The maximum absolute atomic E-state index is 13.4. The lowest BCUT2D eigenvalue weighted by Gasteiger charge is -2.36. The molecule has 0 spiro atoms. The molecule has 156 valence electrons. The van der Waals surface area contributed by atoms with Gasteiger partial charge in [0.25, 0.3) is 5.91 Å². The number of carbonyl (C=O) groups excluding carboxylic acids is 2. The molecular weight excluding hydrogens is 380 g/mol. The van der Waals surface area contributed by atoms with Crippen LogP contribution in [0.15, 0.2) is 48.5 Å². The first-order valence-corrected chi connectivity index (χ1v) is 10.0. The Morgan fingerprint density at radius 3 is 2.43 bits per heavy atom. The van der Waals surface area contributed by atoms with Crippen molar-refractivity contribution < 1.29 is 14.3 Å². The van der Waals surface area contributed by atoms with E-state index in [-0.39, 0.29) is 18.0 Å². The van der Waals surface area contributed by atoms with Crippen molar-refractivity contribution in [2.24, 2.45) is 5.73 Å². The second-order valence-corrected chi connectivity index (χ2v) is 7.46. The number of nitriles is 1. The van der Waals surface area contributed by atoms with Gasteiger partial charge < -0.3 is 15.4 Å². The van der Waals surface area contributed by atoms with Crippen LogP contribution >= 0.6 is 0 Å². The van der Waals surface area contributed by atoms with E-state index in [9.17, 15) is 9.59 Å². The summed E-state index contributed by atoms with van der Waals surface area (Å²) >= 11 is 0. The summed E-state index contributed by atoms with van der Waals surface area (Å²) in [6.45, 7) is 0.346. The van der Waals surface area contributed by atoms with Crippen LogP contribution in [-0.4, -0.2) is 36.1 Å². The van der Waals surface area contributed by atoms with Gasteiger partial charge in [-0.25, -0.2) is 4.79 Å². The Bertz CT molecular complexity index is 928. The summed E-state index contributed by atoms with van der Waals surface area (Å²) in [4.78, 5) is 27.0. The van der Waals surface area contributed by atoms with Gasteiger partial charge in [-0.2, -0.15) is 5.26 Å². The number of carbonyl (C=O) groups is 2.